The lowest BCUT2D eigenvalue weighted by atomic mass is 10.1. The van der Waals surface area contributed by atoms with Crippen molar-refractivity contribution in [2.45, 2.75) is 12.2 Å². The number of nitrogens with zero attached hydrogens (tertiary/aromatic N) is 2. The van der Waals surface area contributed by atoms with Gasteiger partial charge in [-0.25, -0.2) is 8.42 Å². The van der Waals surface area contributed by atoms with E-state index in [1.165, 1.54) is 28.6 Å². The topological polar surface area (TPSA) is 92.5 Å². The molecule has 1 fully saturated rings. The first kappa shape index (κ1) is 14.9. The molecule has 1 aromatic carbocycles. The number of rotatable bonds is 4. The second kappa shape index (κ2) is 5.86. The van der Waals surface area contributed by atoms with Crippen molar-refractivity contribution in [3.05, 3.63) is 39.9 Å². The molecule has 1 aromatic rings. The van der Waals surface area contributed by atoms with Crippen molar-refractivity contribution in [3.63, 3.8) is 0 Å². The minimum Gasteiger partial charge on any atom is -0.314 e. The van der Waals surface area contributed by atoms with E-state index in [0.29, 0.717) is 31.7 Å². The van der Waals surface area contributed by atoms with Crippen molar-refractivity contribution in [2.24, 2.45) is 0 Å². The number of sulfonamides is 1. The molecule has 2 rings (SSSR count). The molecule has 1 heterocycles. The van der Waals surface area contributed by atoms with Crippen LogP contribution < -0.4 is 5.32 Å². The average molecular weight is 299 g/mol. The predicted molar refractivity (Wildman–Crippen MR) is 74.9 cm³/mol. The molecule has 0 radical (unpaired) electrons. The van der Waals surface area contributed by atoms with Gasteiger partial charge < -0.3 is 5.32 Å². The van der Waals surface area contributed by atoms with Gasteiger partial charge in [-0.3, -0.25) is 10.1 Å². The van der Waals surface area contributed by atoms with Gasteiger partial charge in [-0.1, -0.05) is 12.1 Å². The lowest BCUT2D eigenvalue weighted by molar-refractivity contribution is -0.384. The fraction of sp³-hybridized carbons (Fsp3) is 0.500. The summed E-state index contributed by atoms with van der Waals surface area (Å²) >= 11 is 0. The quantitative estimate of drug-likeness (QED) is 0.658. The molecule has 1 unspecified atom stereocenters. The number of nitrogens with one attached hydrogen (secondary N) is 1. The van der Waals surface area contributed by atoms with Gasteiger partial charge in [0.15, 0.2) is 0 Å². The highest BCUT2D eigenvalue weighted by atomic mass is 32.2. The van der Waals surface area contributed by atoms with Crippen LogP contribution in [0.4, 0.5) is 5.69 Å². The average Bonchev–Trinajstić information content (AvgIpc) is 2.47. The summed E-state index contributed by atoms with van der Waals surface area (Å²) in [5.74, 6) is 0. The van der Waals surface area contributed by atoms with Crippen molar-refractivity contribution in [3.8, 4) is 0 Å². The number of piperazine rings is 1. The summed E-state index contributed by atoms with van der Waals surface area (Å²) in [5.41, 5.74) is 0.523. The lowest BCUT2D eigenvalue weighted by Gasteiger charge is -2.29. The Morgan fingerprint density at radius 3 is 2.30 bits per heavy atom. The van der Waals surface area contributed by atoms with Crippen molar-refractivity contribution in [2.75, 3.05) is 26.2 Å². The van der Waals surface area contributed by atoms with Crippen LogP contribution in [0.3, 0.4) is 0 Å². The first-order chi connectivity index (χ1) is 9.43. The fourth-order valence-electron chi connectivity index (χ4n) is 2.16. The van der Waals surface area contributed by atoms with Crippen molar-refractivity contribution in [1.29, 1.82) is 0 Å². The molecule has 1 aliphatic rings. The van der Waals surface area contributed by atoms with Gasteiger partial charge in [0.05, 0.1) is 10.2 Å². The van der Waals surface area contributed by atoms with Gasteiger partial charge in [-0.05, 0) is 12.5 Å². The molecular formula is C12H17N3O4S. The standard InChI is InChI=1S/C12H17N3O4S/c1-10(11-2-4-12(5-3-11)15(16)17)20(18,19)14-8-6-13-7-9-14/h2-5,10,13H,6-9H2,1H3. The van der Waals surface area contributed by atoms with Crippen LogP contribution in [0, 0.1) is 10.1 Å². The van der Waals surface area contributed by atoms with Gasteiger partial charge in [-0.2, -0.15) is 4.31 Å². The highest BCUT2D eigenvalue weighted by Crippen LogP contribution is 2.26. The Kier molecular flexibility index (Phi) is 4.36. The molecule has 8 heteroatoms. The van der Waals surface area contributed by atoms with E-state index in [2.05, 4.69) is 5.32 Å². The lowest BCUT2D eigenvalue weighted by Crippen LogP contribution is -2.47. The number of nitro groups is 1. The molecule has 0 saturated carbocycles. The number of hydrogen-bond donors (Lipinski definition) is 1. The zero-order chi connectivity index (χ0) is 14.8. The molecule has 0 aromatic heterocycles. The van der Waals surface area contributed by atoms with Crippen LogP contribution in [-0.2, 0) is 10.0 Å². The van der Waals surface area contributed by atoms with Gasteiger partial charge in [0.25, 0.3) is 5.69 Å². The summed E-state index contributed by atoms with van der Waals surface area (Å²) in [5, 5.41) is 13.0. The molecular weight excluding hydrogens is 282 g/mol. The number of hydrogen-bond acceptors (Lipinski definition) is 5. The minimum atomic E-state index is -3.42. The van der Waals surface area contributed by atoms with Gasteiger partial charge in [0.1, 0.15) is 0 Å². The van der Waals surface area contributed by atoms with Crippen LogP contribution >= 0.6 is 0 Å². The summed E-state index contributed by atoms with van der Waals surface area (Å²) < 4.78 is 26.4. The molecule has 1 N–H and O–H groups in total. The van der Waals surface area contributed by atoms with Gasteiger partial charge in [0.2, 0.25) is 10.0 Å². The molecule has 1 saturated heterocycles. The highest BCUT2D eigenvalue weighted by molar-refractivity contribution is 7.89. The number of nitro benzene ring substituents is 1. The van der Waals surface area contributed by atoms with Crippen LogP contribution in [0.2, 0.25) is 0 Å². The molecule has 20 heavy (non-hydrogen) atoms. The highest BCUT2D eigenvalue weighted by Gasteiger charge is 2.30. The summed E-state index contributed by atoms with van der Waals surface area (Å²) in [7, 11) is -3.42. The van der Waals surface area contributed by atoms with Crippen LogP contribution in [0.1, 0.15) is 17.7 Å². The number of non-ortho nitro benzene ring substituents is 1. The van der Waals surface area contributed by atoms with E-state index < -0.39 is 20.2 Å². The zero-order valence-electron chi connectivity index (χ0n) is 11.2. The summed E-state index contributed by atoms with van der Waals surface area (Å²) in [6.45, 7) is 3.82. The Hall–Kier alpha value is -1.51. The SMILES string of the molecule is CC(c1ccc([N+](=O)[O-])cc1)S(=O)(=O)N1CCNCC1. The van der Waals surface area contributed by atoms with E-state index in [1.807, 2.05) is 0 Å². The van der Waals surface area contributed by atoms with Crippen molar-refractivity contribution >= 4 is 15.7 Å². The second-order valence-corrected chi connectivity index (χ2v) is 6.94. The van der Waals surface area contributed by atoms with Crippen LogP contribution in [0.5, 0.6) is 0 Å². The maximum Gasteiger partial charge on any atom is 0.269 e. The second-order valence-electron chi connectivity index (χ2n) is 4.68. The van der Waals surface area contributed by atoms with Gasteiger partial charge >= 0.3 is 0 Å². The molecule has 0 spiro atoms. The molecule has 1 aliphatic heterocycles. The summed E-state index contributed by atoms with van der Waals surface area (Å²) in [6.07, 6.45) is 0. The zero-order valence-corrected chi connectivity index (χ0v) is 12.0. The molecule has 110 valence electrons. The first-order valence-corrected chi connectivity index (χ1v) is 7.87. The van der Waals surface area contributed by atoms with E-state index in [1.54, 1.807) is 6.92 Å². The summed E-state index contributed by atoms with van der Waals surface area (Å²) in [6, 6.07) is 5.67. The van der Waals surface area contributed by atoms with E-state index >= 15 is 0 Å². The molecule has 1 atom stereocenters. The molecule has 7 nitrogen and oxygen atoms in total. The Labute approximate surface area is 117 Å². The largest absolute Gasteiger partial charge is 0.314 e. The van der Waals surface area contributed by atoms with Crippen LogP contribution in [-0.4, -0.2) is 43.8 Å². The Bertz CT molecular complexity index is 579. The Balaban J connectivity index is 2.20. The maximum absolute atomic E-state index is 12.5. The maximum atomic E-state index is 12.5. The van der Waals surface area contributed by atoms with E-state index in [0.717, 1.165) is 0 Å². The fourth-order valence-corrected chi connectivity index (χ4v) is 3.80. The molecule has 0 amide bonds. The minimum absolute atomic E-state index is 0.0412. The predicted octanol–water partition coefficient (Wildman–Crippen LogP) is 0.891. The van der Waals surface area contributed by atoms with Crippen molar-refractivity contribution < 1.29 is 13.3 Å². The summed E-state index contributed by atoms with van der Waals surface area (Å²) in [4.78, 5) is 10.1. The monoisotopic (exact) mass is 299 g/mol. The van der Waals surface area contributed by atoms with E-state index in [-0.39, 0.29) is 5.69 Å². The molecule has 0 aliphatic carbocycles. The number of benzene rings is 1. The third-order valence-electron chi connectivity index (χ3n) is 3.46. The third-order valence-corrected chi connectivity index (χ3v) is 5.71. The first-order valence-electron chi connectivity index (χ1n) is 6.37. The molecule has 0 bridgehead atoms. The Morgan fingerprint density at radius 2 is 1.80 bits per heavy atom. The van der Waals surface area contributed by atoms with Gasteiger partial charge in [0, 0.05) is 38.3 Å². The Morgan fingerprint density at radius 1 is 1.25 bits per heavy atom. The van der Waals surface area contributed by atoms with Gasteiger partial charge in [-0.15, -0.1) is 0 Å². The van der Waals surface area contributed by atoms with Crippen LogP contribution in [0.15, 0.2) is 24.3 Å². The smallest absolute Gasteiger partial charge is 0.269 e. The normalized spacial score (nSPS) is 18.6. The third kappa shape index (κ3) is 2.97. The van der Waals surface area contributed by atoms with E-state index in [4.69, 9.17) is 0 Å². The van der Waals surface area contributed by atoms with E-state index in [9.17, 15) is 18.5 Å². The van der Waals surface area contributed by atoms with Crippen LogP contribution in [0.25, 0.3) is 0 Å². The van der Waals surface area contributed by atoms with Crippen molar-refractivity contribution in [1.82, 2.24) is 9.62 Å².